The first-order valence-electron chi connectivity index (χ1n) is 8.68. The maximum atomic E-state index is 13.4. The van der Waals surface area contributed by atoms with Crippen molar-refractivity contribution in [3.8, 4) is 5.69 Å². The Morgan fingerprint density at radius 3 is 2.68 bits per heavy atom. The second kappa shape index (κ2) is 6.66. The molecule has 2 aromatic rings. The zero-order valence-corrected chi connectivity index (χ0v) is 14.5. The number of urea groups is 1. The average Bonchev–Trinajstić information content (AvgIpc) is 3.19. The Morgan fingerprint density at radius 2 is 2.07 bits per heavy atom. The van der Waals surface area contributed by atoms with Crippen LogP contribution in [-0.4, -0.2) is 44.9 Å². The van der Waals surface area contributed by atoms with E-state index >= 15 is 0 Å². The second-order valence-electron chi connectivity index (χ2n) is 6.81. The molecule has 2 heterocycles. The van der Waals surface area contributed by atoms with Gasteiger partial charge in [0, 0.05) is 6.07 Å². The van der Waals surface area contributed by atoms with Crippen LogP contribution in [0.25, 0.3) is 5.69 Å². The molecule has 1 aliphatic carbocycles. The van der Waals surface area contributed by atoms with E-state index in [1.807, 2.05) is 0 Å². The number of carbonyl (C=O) groups excluding carboxylic acids is 3. The quantitative estimate of drug-likeness (QED) is 0.648. The third-order valence-corrected chi connectivity index (χ3v) is 5.16. The maximum absolute atomic E-state index is 13.4. The minimum absolute atomic E-state index is 0.0582. The summed E-state index contributed by atoms with van der Waals surface area (Å²) >= 11 is 0. The molecule has 0 spiro atoms. The molecule has 146 valence electrons. The fourth-order valence-corrected chi connectivity index (χ4v) is 3.37. The van der Waals surface area contributed by atoms with E-state index in [1.165, 1.54) is 12.3 Å². The van der Waals surface area contributed by atoms with Crippen LogP contribution in [0.1, 0.15) is 29.8 Å². The van der Waals surface area contributed by atoms with Gasteiger partial charge in [0.15, 0.2) is 17.3 Å². The summed E-state index contributed by atoms with van der Waals surface area (Å²) in [6.45, 7) is -0.0912. The average molecular weight is 390 g/mol. The smallest absolute Gasteiger partial charge is 0.322 e. The van der Waals surface area contributed by atoms with Gasteiger partial charge >= 0.3 is 6.03 Å². The highest BCUT2D eigenvalue weighted by atomic mass is 19.2. The van der Waals surface area contributed by atoms with Gasteiger partial charge in [0.1, 0.15) is 5.54 Å². The van der Waals surface area contributed by atoms with Crippen LogP contribution < -0.4 is 16.0 Å². The highest BCUT2D eigenvalue weighted by Gasteiger charge is 2.53. The van der Waals surface area contributed by atoms with Crippen molar-refractivity contribution in [2.75, 3.05) is 6.54 Å². The topological polar surface area (TPSA) is 118 Å². The summed E-state index contributed by atoms with van der Waals surface area (Å²) in [7, 11) is 0. The van der Waals surface area contributed by atoms with Crippen LogP contribution in [0.3, 0.4) is 0 Å². The number of benzene rings is 1. The molecule has 1 unspecified atom stereocenters. The van der Waals surface area contributed by atoms with E-state index in [4.69, 9.17) is 0 Å². The highest BCUT2D eigenvalue weighted by Crippen LogP contribution is 2.37. The molecule has 11 heteroatoms. The number of rotatable bonds is 5. The minimum Gasteiger partial charge on any atom is -0.348 e. The Morgan fingerprint density at radius 1 is 1.29 bits per heavy atom. The Bertz CT molecular complexity index is 974. The van der Waals surface area contributed by atoms with E-state index in [2.05, 4.69) is 26.1 Å². The van der Waals surface area contributed by atoms with Gasteiger partial charge in [-0.2, -0.15) is 9.90 Å². The number of nitrogens with one attached hydrogen (secondary N) is 3. The molecule has 1 saturated carbocycles. The Balaban J connectivity index is 1.48. The van der Waals surface area contributed by atoms with E-state index in [0.29, 0.717) is 0 Å². The molecule has 1 atom stereocenters. The largest absolute Gasteiger partial charge is 0.348 e. The van der Waals surface area contributed by atoms with Crippen molar-refractivity contribution in [2.45, 2.75) is 24.8 Å². The van der Waals surface area contributed by atoms with Crippen molar-refractivity contribution in [3.05, 3.63) is 41.7 Å². The first-order chi connectivity index (χ1) is 13.4. The minimum atomic E-state index is -1.18. The van der Waals surface area contributed by atoms with Crippen LogP contribution in [0.5, 0.6) is 0 Å². The van der Waals surface area contributed by atoms with Crippen LogP contribution in [0.2, 0.25) is 0 Å². The monoisotopic (exact) mass is 390 g/mol. The number of amides is 4. The number of hydrogen-bond donors (Lipinski definition) is 3. The van der Waals surface area contributed by atoms with Gasteiger partial charge in [0.05, 0.1) is 18.4 Å². The standard InChI is InChI=1S/C17H16F2N6O3/c18-11-5-4-10(6-12(11)19)25-21-7-13(24-25)14(26)20-8-17(9-2-1-3-9)15(27)22-16(28)23-17/h4-7,9H,1-3,8H2,(H,20,26)(H2,22,23,27,28). The lowest BCUT2D eigenvalue weighted by Crippen LogP contribution is -2.61. The lowest BCUT2D eigenvalue weighted by molar-refractivity contribution is -0.126. The van der Waals surface area contributed by atoms with E-state index in [0.717, 1.165) is 36.2 Å². The molecule has 28 heavy (non-hydrogen) atoms. The first-order valence-corrected chi connectivity index (χ1v) is 8.68. The van der Waals surface area contributed by atoms with Gasteiger partial charge < -0.3 is 10.6 Å². The molecule has 4 amide bonds. The van der Waals surface area contributed by atoms with Crippen LogP contribution in [0.15, 0.2) is 24.4 Å². The third-order valence-electron chi connectivity index (χ3n) is 5.16. The first kappa shape index (κ1) is 18.0. The Hall–Kier alpha value is -3.37. The number of carbonyl (C=O) groups is 3. The van der Waals surface area contributed by atoms with Gasteiger partial charge in [-0.05, 0) is 30.9 Å². The third kappa shape index (κ3) is 2.98. The van der Waals surface area contributed by atoms with Crippen LogP contribution in [0.4, 0.5) is 13.6 Å². The number of hydrogen-bond acceptors (Lipinski definition) is 5. The van der Waals surface area contributed by atoms with Crippen molar-refractivity contribution in [1.29, 1.82) is 0 Å². The molecule has 1 saturated heterocycles. The SMILES string of the molecule is O=C1NC(=O)C(CNC(=O)c2cnn(-c3ccc(F)c(F)c3)n2)(C2CCC2)N1. The summed E-state index contributed by atoms with van der Waals surface area (Å²) in [5, 5.41) is 15.3. The maximum Gasteiger partial charge on any atom is 0.322 e. The van der Waals surface area contributed by atoms with Crippen molar-refractivity contribution < 1.29 is 23.2 Å². The van der Waals surface area contributed by atoms with Crippen molar-refractivity contribution >= 4 is 17.8 Å². The number of imide groups is 1. The van der Waals surface area contributed by atoms with Gasteiger partial charge in [-0.25, -0.2) is 13.6 Å². The van der Waals surface area contributed by atoms with Crippen molar-refractivity contribution in [3.63, 3.8) is 0 Å². The lowest BCUT2D eigenvalue weighted by atomic mass is 9.70. The molecule has 1 aromatic heterocycles. The summed E-state index contributed by atoms with van der Waals surface area (Å²) < 4.78 is 26.4. The number of nitrogens with zero attached hydrogens (tertiary/aromatic N) is 3. The molecule has 1 aromatic carbocycles. The molecule has 4 rings (SSSR count). The summed E-state index contributed by atoms with van der Waals surface area (Å²) in [5.74, 6) is -3.20. The highest BCUT2D eigenvalue weighted by molar-refractivity contribution is 6.08. The molecule has 2 aliphatic rings. The molecule has 0 bridgehead atoms. The summed E-state index contributed by atoms with van der Waals surface area (Å²) in [4.78, 5) is 37.3. The van der Waals surface area contributed by atoms with Gasteiger partial charge in [0.2, 0.25) is 0 Å². The van der Waals surface area contributed by atoms with Crippen LogP contribution in [-0.2, 0) is 4.79 Å². The van der Waals surface area contributed by atoms with Crippen molar-refractivity contribution in [2.24, 2.45) is 5.92 Å². The zero-order chi connectivity index (χ0) is 19.9. The van der Waals surface area contributed by atoms with Crippen molar-refractivity contribution in [1.82, 2.24) is 30.9 Å². The van der Waals surface area contributed by atoms with E-state index < -0.39 is 35.0 Å². The number of aromatic nitrogens is 3. The summed E-state index contributed by atoms with van der Waals surface area (Å²) in [5.41, 5.74) is -1.11. The molecular weight excluding hydrogens is 374 g/mol. The fraction of sp³-hybridized carbons (Fsp3) is 0.353. The van der Waals surface area contributed by atoms with Gasteiger partial charge in [-0.3, -0.25) is 14.9 Å². The molecular formula is C17H16F2N6O3. The lowest BCUT2D eigenvalue weighted by Gasteiger charge is -2.40. The molecule has 1 aliphatic heterocycles. The zero-order valence-electron chi connectivity index (χ0n) is 14.5. The van der Waals surface area contributed by atoms with E-state index in [1.54, 1.807) is 0 Å². The number of halogens is 2. The summed E-state index contributed by atoms with van der Waals surface area (Å²) in [6.07, 6.45) is 3.66. The van der Waals surface area contributed by atoms with E-state index in [9.17, 15) is 23.2 Å². The van der Waals surface area contributed by atoms with Gasteiger partial charge in [-0.1, -0.05) is 6.42 Å². The summed E-state index contributed by atoms with van der Waals surface area (Å²) in [6, 6.07) is 2.51. The van der Waals surface area contributed by atoms with Gasteiger partial charge in [-0.15, -0.1) is 5.10 Å². The van der Waals surface area contributed by atoms with Gasteiger partial charge in [0.25, 0.3) is 11.8 Å². The van der Waals surface area contributed by atoms with Crippen LogP contribution >= 0.6 is 0 Å². The predicted molar refractivity (Wildman–Crippen MR) is 90.4 cm³/mol. The molecule has 9 nitrogen and oxygen atoms in total. The second-order valence-corrected chi connectivity index (χ2v) is 6.81. The predicted octanol–water partition coefficient (Wildman–Crippen LogP) is 0.654. The Kier molecular flexibility index (Phi) is 4.28. The Labute approximate surface area is 157 Å². The van der Waals surface area contributed by atoms with Crippen LogP contribution in [0, 0.1) is 17.6 Å². The normalized spacial score (nSPS) is 21.8. The molecule has 0 radical (unpaired) electrons. The fourth-order valence-electron chi connectivity index (χ4n) is 3.37. The van der Waals surface area contributed by atoms with E-state index in [-0.39, 0.29) is 23.8 Å². The molecule has 2 fully saturated rings. The molecule has 3 N–H and O–H groups in total.